The van der Waals surface area contributed by atoms with E-state index >= 15 is 0 Å². The Hall–Kier alpha value is -1.24. The number of fused-ring (bicyclic) bond motifs is 2. The molecule has 0 amide bonds. The monoisotopic (exact) mass is 362 g/mol. The Morgan fingerprint density at radius 3 is 2.81 bits per heavy atom. The highest BCUT2D eigenvalue weighted by molar-refractivity contribution is 5.94. The number of cyclic esters (lactones) is 1. The number of aliphatic hydroxyl groups is 1. The van der Waals surface area contributed by atoms with Gasteiger partial charge in [-0.1, -0.05) is 13.8 Å². The molecule has 0 aromatic carbocycles. The van der Waals surface area contributed by atoms with Crippen molar-refractivity contribution in [2.75, 3.05) is 19.8 Å². The predicted octanol–water partition coefficient (Wildman–Crippen LogP) is 1.40. The van der Waals surface area contributed by atoms with Crippen LogP contribution in [0, 0.1) is 23.2 Å². The minimum absolute atomic E-state index is 0.0121. The average molecular weight is 362 g/mol. The van der Waals surface area contributed by atoms with Crippen LogP contribution in [0.4, 0.5) is 0 Å². The predicted molar refractivity (Wildman–Crippen MR) is 90.1 cm³/mol. The molecule has 5 rings (SSSR count). The first-order valence-electron chi connectivity index (χ1n) is 9.66. The van der Waals surface area contributed by atoms with Crippen LogP contribution in [-0.4, -0.2) is 54.0 Å². The second kappa shape index (κ2) is 4.97. The third-order valence-electron chi connectivity index (χ3n) is 8.15. The van der Waals surface area contributed by atoms with Crippen LogP contribution in [0.15, 0.2) is 11.1 Å². The van der Waals surface area contributed by atoms with Crippen LogP contribution < -0.4 is 0 Å². The van der Waals surface area contributed by atoms with Gasteiger partial charge in [0.05, 0.1) is 12.7 Å². The largest absolute Gasteiger partial charge is 0.458 e. The molecule has 5 aliphatic rings. The molecule has 142 valence electrons. The quantitative estimate of drug-likeness (QED) is 0.590. The number of ketones is 1. The molecule has 1 saturated carbocycles. The SMILES string of the molecule is CC(CO)C1C[C@@H]2O[C@@]23[C@@]2(C)CCC4=C(COC4=O)C2CO[C@]3(C)C1=O. The summed E-state index contributed by atoms with van der Waals surface area (Å²) in [5.74, 6) is -0.420. The van der Waals surface area contributed by atoms with Gasteiger partial charge < -0.3 is 19.3 Å². The zero-order valence-electron chi connectivity index (χ0n) is 15.5. The van der Waals surface area contributed by atoms with E-state index < -0.39 is 11.2 Å². The van der Waals surface area contributed by atoms with Crippen molar-refractivity contribution in [3.63, 3.8) is 0 Å². The summed E-state index contributed by atoms with van der Waals surface area (Å²) in [6, 6.07) is 0. The number of rotatable bonds is 2. The van der Waals surface area contributed by atoms with Crippen molar-refractivity contribution in [3.05, 3.63) is 11.1 Å². The molecule has 0 bridgehead atoms. The summed E-state index contributed by atoms with van der Waals surface area (Å²) in [5.41, 5.74) is -0.0114. The molecule has 1 spiro atoms. The van der Waals surface area contributed by atoms with Crippen molar-refractivity contribution < 1.29 is 28.9 Å². The second-order valence-corrected chi connectivity index (χ2v) is 9.10. The molecule has 0 aromatic rings. The summed E-state index contributed by atoms with van der Waals surface area (Å²) in [4.78, 5) is 25.4. The van der Waals surface area contributed by atoms with E-state index in [1.807, 2.05) is 13.8 Å². The molecule has 6 nitrogen and oxygen atoms in total. The highest BCUT2D eigenvalue weighted by Crippen LogP contribution is 2.71. The Balaban J connectivity index is 1.57. The number of epoxide rings is 1. The number of esters is 1. The van der Waals surface area contributed by atoms with Gasteiger partial charge in [-0.15, -0.1) is 0 Å². The molecular formula is C20H26O6. The number of hydrogen-bond donors (Lipinski definition) is 1. The van der Waals surface area contributed by atoms with Gasteiger partial charge >= 0.3 is 5.97 Å². The highest BCUT2D eigenvalue weighted by atomic mass is 16.7. The minimum atomic E-state index is -0.989. The smallest absolute Gasteiger partial charge is 0.334 e. The second-order valence-electron chi connectivity index (χ2n) is 9.10. The lowest BCUT2D eigenvalue weighted by atomic mass is 9.49. The fourth-order valence-corrected chi connectivity index (χ4v) is 6.49. The molecule has 3 fully saturated rings. The summed E-state index contributed by atoms with van der Waals surface area (Å²) in [7, 11) is 0. The number of ether oxygens (including phenoxy) is 3. The van der Waals surface area contributed by atoms with E-state index in [0.717, 1.165) is 17.6 Å². The standard InChI is InChI=1S/C20H26O6/c1-10(7-21)12-6-15-20(26-15)18(2)5-4-11-13(8-24-17(11)23)14(18)9-25-19(20,3)16(12)22/h10,12,14-15,21H,4-9H2,1-3H3/t10?,12?,14?,15-,18-,19+,20+/m0/s1. The first-order chi connectivity index (χ1) is 12.3. The fraction of sp³-hybridized carbons (Fsp3) is 0.800. The topological polar surface area (TPSA) is 85.4 Å². The highest BCUT2D eigenvalue weighted by Gasteiger charge is 2.84. The van der Waals surface area contributed by atoms with Gasteiger partial charge in [-0.2, -0.15) is 0 Å². The first kappa shape index (κ1) is 16.9. The number of carbonyl (C=O) groups is 2. The average Bonchev–Trinajstić information content (AvgIpc) is 3.27. The minimum Gasteiger partial charge on any atom is -0.458 e. The molecule has 7 atom stereocenters. The number of Topliss-reactive ketones (excluding diaryl/α,β-unsaturated/α-hetero) is 1. The summed E-state index contributed by atoms with van der Waals surface area (Å²) in [5, 5.41) is 9.56. The third-order valence-corrected chi connectivity index (χ3v) is 8.15. The van der Waals surface area contributed by atoms with Gasteiger partial charge in [0.25, 0.3) is 0 Å². The zero-order valence-corrected chi connectivity index (χ0v) is 15.5. The molecule has 3 unspecified atom stereocenters. The van der Waals surface area contributed by atoms with Gasteiger partial charge in [0, 0.05) is 29.4 Å². The van der Waals surface area contributed by atoms with Crippen molar-refractivity contribution in [1.82, 2.24) is 0 Å². The summed E-state index contributed by atoms with van der Waals surface area (Å²) >= 11 is 0. The van der Waals surface area contributed by atoms with Gasteiger partial charge in [-0.3, -0.25) is 4.79 Å². The Labute approximate surface area is 152 Å². The van der Waals surface area contributed by atoms with Crippen molar-refractivity contribution in [2.24, 2.45) is 23.2 Å². The molecule has 2 saturated heterocycles. The zero-order chi connectivity index (χ0) is 18.5. The van der Waals surface area contributed by atoms with E-state index in [4.69, 9.17) is 14.2 Å². The maximum atomic E-state index is 13.4. The van der Waals surface area contributed by atoms with Gasteiger partial charge in [0.15, 0.2) is 11.4 Å². The number of aliphatic hydroxyl groups excluding tert-OH is 1. The molecule has 1 N–H and O–H groups in total. The van der Waals surface area contributed by atoms with Gasteiger partial charge in [0.1, 0.15) is 12.2 Å². The normalized spacial score (nSPS) is 50.4. The van der Waals surface area contributed by atoms with Crippen molar-refractivity contribution in [1.29, 1.82) is 0 Å². The van der Waals surface area contributed by atoms with Crippen LogP contribution in [0.2, 0.25) is 0 Å². The Kier molecular flexibility index (Phi) is 3.23. The first-order valence-corrected chi connectivity index (χ1v) is 9.66. The van der Waals surface area contributed by atoms with Crippen molar-refractivity contribution in [2.45, 2.75) is 57.3 Å². The van der Waals surface area contributed by atoms with Gasteiger partial charge in [0.2, 0.25) is 0 Å². The van der Waals surface area contributed by atoms with E-state index in [1.54, 1.807) is 0 Å². The summed E-state index contributed by atoms with van der Waals surface area (Å²) in [6.07, 6.45) is 2.09. The van der Waals surface area contributed by atoms with Crippen LogP contribution >= 0.6 is 0 Å². The Bertz CT molecular complexity index is 743. The van der Waals surface area contributed by atoms with E-state index in [2.05, 4.69) is 6.92 Å². The Morgan fingerprint density at radius 1 is 1.31 bits per heavy atom. The maximum Gasteiger partial charge on any atom is 0.334 e. The molecule has 3 aliphatic heterocycles. The maximum absolute atomic E-state index is 13.4. The molecule has 3 heterocycles. The number of carbonyl (C=O) groups excluding carboxylic acids is 2. The molecule has 2 aliphatic carbocycles. The molecule has 26 heavy (non-hydrogen) atoms. The lowest BCUT2D eigenvalue weighted by molar-refractivity contribution is -0.210. The van der Waals surface area contributed by atoms with Gasteiger partial charge in [-0.05, 0) is 37.7 Å². The van der Waals surface area contributed by atoms with Crippen molar-refractivity contribution >= 4 is 11.8 Å². The lowest BCUT2D eigenvalue weighted by Gasteiger charge is -2.58. The number of hydrogen-bond acceptors (Lipinski definition) is 6. The summed E-state index contributed by atoms with van der Waals surface area (Å²) < 4.78 is 17.9. The van der Waals surface area contributed by atoms with Crippen LogP contribution in [-0.2, 0) is 23.8 Å². The van der Waals surface area contributed by atoms with E-state index in [0.29, 0.717) is 26.1 Å². The fourth-order valence-electron chi connectivity index (χ4n) is 6.49. The van der Waals surface area contributed by atoms with Gasteiger partial charge in [-0.25, -0.2) is 4.79 Å². The molecule has 0 radical (unpaired) electrons. The Morgan fingerprint density at radius 2 is 2.08 bits per heavy atom. The molecule has 6 heteroatoms. The van der Waals surface area contributed by atoms with Crippen LogP contribution in [0.5, 0.6) is 0 Å². The third kappa shape index (κ3) is 1.65. The summed E-state index contributed by atoms with van der Waals surface area (Å²) in [6.45, 7) is 6.73. The lowest BCUT2D eigenvalue weighted by Crippen LogP contribution is -2.71. The van der Waals surface area contributed by atoms with Crippen LogP contribution in [0.1, 0.15) is 40.0 Å². The van der Waals surface area contributed by atoms with E-state index in [1.165, 1.54) is 0 Å². The van der Waals surface area contributed by atoms with Crippen molar-refractivity contribution in [3.8, 4) is 0 Å². The van der Waals surface area contributed by atoms with Crippen LogP contribution in [0.3, 0.4) is 0 Å². The molecule has 0 aromatic heterocycles. The van der Waals surface area contributed by atoms with E-state index in [9.17, 15) is 14.7 Å². The van der Waals surface area contributed by atoms with E-state index in [-0.39, 0.29) is 47.6 Å². The molecular weight excluding hydrogens is 336 g/mol. The van der Waals surface area contributed by atoms with Crippen LogP contribution in [0.25, 0.3) is 0 Å².